The third-order valence-electron chi connectivity index (χ3n) is 2.60. The summed E-state index contributed by atoms with van der Waals surface area (Å²) in [6.45, 7) is 0.144. The molecule has 0 radical (unpaired) electrons. The number of nitrogens with zero attached hydrogens (tertiary/aromatic N) is 2. The molecule has 0 amide bonds. The predicted octanol–water partition coefficient (Wildman–Crippen LogP) is 2.36. The van der Waals surface area contributed by atoms with Gasteiger partial charge in [-0.25, -0.2) is 0 Å². The Balaban J connectivity index is 2.28. The van der Waals surface area contributed by atoms with E-state index in [1.165, 1.54) is 0 Å². The summed E-state index contributed by atoms with van der Waals surface area (Å²) >= 11 is 5.54. The number of rotatable bonds is 4. The molecule has 4 nitrogen and oxygen atoms in total. The summed E-state index contributed by atoms with van der Waals surface area (Å²) in [5.74, 6) is 2.98. The highest BCUT2D eigenvalue weighted by Crippen LogP contribution is 2.19. The van der Waals surface area contributed by atoms with Crippen molar-refractivity contribution in [3.63, 3.8) is 0 Å². The van der Waals surface area contributed by atoms with Gasteiger partial charge in [-0.1, -0.05) is 12.0 Å². The van der Waals surface area contributed by atoms with Gasteiger partial charge in [0.25, 0.3) is 5.24 Å². The van der Waals surface area contributed by atoms with E-state index in [0.29, 0.717) is 22.6 Å². The van der Waals surface area contributed by atoms with Crippen LogP contribution in [0.5, 0.6) is 5.88 Å². The lowest BCUT2D eigenvalue weighted by Gasteiger charge is -2.09. The second-order valence-electron chi connectivity index (χ2n) is 3.87. The van der Waals surface area contributed by atoms with Gasteiger partial charge in [0.05, 0.1) is 0 Å². The molecule has 1 aromatic heterocycles. The van der Waals surface area contributed by atoms with Gasteiger partial charge < -0.3 is 4.74 Å². The second kappa shape index (κ2) is 5.59. The molecular formula is C14H11ClN2O2. The Labute approximate surface area is 115 Å². The van der Waals surface area contributed by atoms with Crippen molar-refractivity contribution in [3.8, 4) is 18.2 Å². The number of aromatic nitrogens is 2. The molecule has 5 heteroatoms. The molecule has 1 heterocycles. The summed E-state index contributed by atoms with van der Waals surface area (Å²) in [5.41, 5.74) is 1.53. The van der Waals surface area contributed by atoms with E-state index < -0.39 is 5.24 Å². The number of halogens is 1. The van der Waals surface area contributed by atoms with E-state index in [0.717, 1.165) is 0 Å². The first-order valence-electron chi connectivity index (χ1n) is 5.52. The minimum Gasteiger partial charge on any atom is -0.472 e. The van der Waals surface area contributed by atoms with Gasteiger partial charge in [0.15, 0.2) is 0 Å². The fourth-order valence-corrected chi connectivity index (χ4v) is 1.86. The lowest BCUT2D eigenvalue weighted by molar-refractivity contribution is 0.107. The maximum Gasteiger partial charge on any atom is 0.252 e. The lowest BCUT2D eigenvalue weighted by atomic mass is 10.0. The van der Waals surface area contributed by atoms with Crippen molar-refractivity contribution in [1.29, 1.82) is 0 Å². The van der Waals surface area contributed by atoms with Crippen LogP contribution in [0.1, 0.15) is 21.5 Å². The smallest absolute Gasteiger partial charge is 0.252 e. The fourth-order valence-electron chi connectivity index (χ4n) is 1.68. The van der Waals surface area contributed by atoms with E-state index in [1.54, 1.807) is 42.2 Å². The van der Waals surface area contributed by atoms with Crippen LogP contribution in [0, 0.1) is 12.3 Å². The van der Waals surface area contributed by atoms with E-state index in [-0.39, 0.29) is 6.61 Å². The van der Waals surface area contributed by atoms with Gasteiger partial charge in [-0.3, -0.25) is 9.48 Å². The Kier molecular flexibility index (Phi) is 3.88. The van der Waals surface area contributed by atoms with E-state index >= 15 is 0 Å². The molecule has 1 aromatic carbocycles. The maximum absolute atomic E-state index is 11.4. The average Bonchev–Trinajstić information content (AvgIpc) is 2.81. The van der Waals surface area contributed by atoms with Crippen LogP contribution in [0.25, 0.3) is 0 Å². The molecule has 0 atom stereocenters. The van der Waals surface area contributed by atoms with E-state index in [9.17, 15) is 4.79 Å². The van der Waals surface area contributed by atoms with Crippen LogP contribution in [-0.4, -0.2) is 15.0 Å². The van der Waals surface area contributed by atoms with Crippen LogP contribution in [0.3, 0.4) is 0 Å². The zero-order valence-corrected chi connectivity index (χ0v) is 11.0. The van der Waals surface area contributed by atoms with E-state index in [1.807, 2.05) is 0 Å². The molecule has 0 aliphatic carbocycles. The number of hydrogen-bond acceptors (Lipinski definition) is 3. The molecule has 0 saturated heterocycles. The molecule has 0 saturated carbocycles. The van der Waals surface area contributed by atoms with Crippen LogP contribution in [0.2, 0.25) is 0 Å². The number of benzene rings is 1. The van der Waals surface area contributed by atoms with Crippen molar-refractivity contribution in [3.05, 3.63) is 47.2 Å². The zero-order valence-electron chi connectivity index (χ0n) is 10.3. The highest BCUT2D eigenvalue weighted by Gasteiger charge is 2.13. The summed E-state index contributed by atoms with van der Waals surface area (Å²) in [4.78, 5) is 11.4. The molecule has 0 aliphatic rings. The van der Waals surface area contributed by atoms with Crippen molar-refractivity contribution in [2.75, 3.05) is 0 Å². The molecule has 19 heavy (non-hydrogen) atoms. The summed E-state index contributed by atoms with van der Waals surface area (Å²) in [6.07, 6.45) is 7.17. The molecule has 0 aliphatic heterocycles. The van der Waals surface area contributed by atoms with Crippen LogP contribution in [0.15, 0.2) is 30.5 Å². The number of aryl methyl sites for hydroxylation is 1. The first-order valence-corrected chi connectivity index (χ1v) is 5.90. The first kappa shape index (κ1) is 13.2. The lowest BCUT2D eigenvalue weighted by Crippen LogP contribution is -2.05. The molecule has 0 spiro atoms. The predicted molar refractivity (Wildman–Crippen MR) is 72.1 cm³/mol. The molecule has 0 unspecified atom stereocenters. The van der Waals surface area contributed by atoms with Gasteiger partial charge in [-0.15, -0.1) is 11.5 Å². The number of carbonyl (C=O) groups excluding carboxylic acids is 1. The van der Waals surface area contributed by atoms with Gasteiger partial charge in [0.1, 0.15) is 6.61 Å². The van der Waals surface area contributed by atoms with Gasteiger partial charge >= 0.3 is 0 Å². The molecule has 2 aromatic rings. The van der Waals surface area contributed by atoms with Crippen LogP contribution in [-0.2, 0) is 13.7 Å². The largest absolute Gasteiger partial charge is 0.472 e. The van der Waals surface area contributed by atoms with E-state index in [2.05, 4.69) is 11.0 Å². The highest BCUT2D eigenvalue weighted by atomic mass is 35.5. The number of carbonyl (C=O) groups is 1. The minimum atomic E-state index is -0.559. The molecular weight excluding hydrogens is 264 g/mol. The molecule has 0 fully saturated rings. The monoisotopic (exact) mass is 274 g/mol. The topological polar surface area (TPSA) is 44.1 Å². The van der Waals surface area contributed by atoms with Crippen LogP contribution in [0.4, 0.5) is 0 Å². The van der Waals surface area contributed by atoms with Crippen LogP contribution >= 0.6 is 11.6 Å². The number of terminal acetylenes is 1. The standard InChI is InChI=1S/C14H11ClN2O2/c1-3-10-5-4-6-11(14(15)18)12(10)9-19-13-7-8-17(2)16-13/h1,4-8H,9H2,2H3. The Morgan fingerprint density at radius 2 is 2.32 bits per heavy atom. The van der Waals surface area contributed by atoms with Gasteiger partial charge in [0, 0.05) is 36.0 Å². The van der Waals surface area contributed by atoms with Gasteiger partial charge in [-0.05, 0) is 23.7 Å². The third-order valence-corrected chi connectivity index (χ3v) is 2.80. The zero-order chi connectivity index (χ0) is 13.8. The normalized spacial score (nSPS) is 9.95. The Morgan fingerprint density at radius 1 is 1.53 bits per heavy atom. The van der Waals surface area contributed by atoms with Crippen molar-refractivity contribution >= 4 is 16.8 Å². The second-order valence-corrected chi connectivity index (χ2v) is 4.21. The quantitative estimate of drug-likeness (QED) is 0.635. The van der Waals surface area contributed by atoms with Gasteiger partial charge in [0.2, 0.25) is 5.88 Å². The summed E-state index contributed by atoms with van der Waals surface area (Å²) < 4.78 is 7.13. The minimum absolute atomic E-state index is 0.144. The Bertz CT molecular complexity index is 656. The van der Waals surface area contributed by atoms with Crippen LogP contribution < -0.4 is 4.74 Å². The molecule has 96 valence electrons. The Hall–Kier alpha value is -2.25. The Morgan fingerprint density at radius 3 is 2.89 bits per heavy atom. The molecule has 2 rings (SSSR count). The summed E-state index contributed by atoms with van der Waals surface area (Å²) in [5, 5.41) is 3.52. The molecule has 0 N–H and O–H groups in total. The van der Waals surface area contributed by atoms with E-state index in [4.69, 9.17) is 22.8 Å². The highest BCUT2D eigenvalue weighted by molar-refractivity contribution is 6.67. The number of ether oxygens (including phenoxy) is 1. The number of hydrogen-bond donors (Lipinski definition) is 0. The first-order chi connectivity index (χ1) is 9.11. The SMILES string of the molecule is C#Cc1cccc(C(=O)Cl)c1COc1ccn(C)n1. The third kappa shape index (κ3) is 2.95. The fraction of sp³-hybridized carbons (Fsp3) is 0.143. The van der Waals surface area contributed by atoms with Crippen molar-refractivity contribution < 1.29 is 9.53 Å². The maximum atomic E-state index is 11.4. The average molecular weight is 275 g/mol. The van der Waals surface area contributed by atoms with Crippen molar-refractivity contribution in [1.82, 2.24) is 9.78 Å². The summed E-state index contributed by atoms with van der Waals surface area (Å²) in [7, 11) is 1.79. The van der Waals surface area contributed by atoms with Crippen molar-refractivity contribution in [2.45, 2.75) is 6.61 Å². The summed E-state index contributed by atoms with van der Waals surface area (Å²) in [6, 6.07) is 6.77. The molecule has 0 bridgehead atoms. The van der Waals surface area contributed by atoms with Crippen molar-refractivity contribution in [2.24, 2.45) is 7.05 Å². The van der Waals surface area contributed by atoms with Gasteiger partial charge in [-0.2, -0.15) is 0 Å².